The van der Waals surface area contributed by atoms with Crippen LogP contribution in [0, 0.1) is 0 Å². The molecule has 0 aromatic rings. The Morgan fingerprint density at radius 2 is 1.86 bits per heavy atom. The van der Waals surface area contributed by atoms with Crippen LogP contribution in [0.15, 0.2) is 16.8 Å². The quantitative estimate of drug-likeness (QED) is 0.671. The molecule has 1 N–H and O–H groups in total. The van der Waals surface area contributed by atoms with Crippen molar-refractivity contribution in [1.82, 2.24) is 5.32 Å². The highest BCUT2D eigenvalue weighted by Gasteiger charge is 1.96. The van der Waals surface area contributed by atoms with Gasteiger partial charge in [-0.25, -0.2) is 0 Å². The van der Waals surface area contributed by atoms with Crippen LogP contribution < -0.4 is 5.32 Å². The van der Waals surface area contributed by atoms with Gasteiger partial charge in [-0.2, -0.15) is 0 Å². The van der Waals surface area contributed by atoms with Crippen LogP contribution in [0.4, 0.5) is 0 Å². The van der Waals surface area contributed by atoms with Crippen LogP contribution in [0.25, 0.3) is 0 Å². The monoisotopic (exact) mass is 196 g/mol. The lowest BCUT2D eigenvalue weighted by Gasteiger charge is -2.10. The third-order valence-electron chi connectivity index (χ3n) is 1.96. The molecule has 0 saturated heterocycles. The van der Waals surface area contributed by atoms with E-state index in [1.807, 2.05) is 0 Å². The molecular weight excluding hydrogens is 172 g/mol. The maximum Gasteiger partial charge on any atom is 0.0472 e. The zero-order valence-corrected chi connectivity index (χ0v) is 10.4. The Kier molecular flexibility index (Phi) is 6.26. The van der Waals surface area contributed by atoms with E-state index in [1.165, 1.54) is 5.70 Å². The second-order valence-electron chi connectivity index (χ2n) is 4.15. The molecule has 0 amide bonds. The van der Waals surface area contributed by atoms with E-state index in [-0.39, 0.29) is 0 Å². The molecule has 82 valence electrons. The fourth-order valence-electron chi connectivity index (χ4n) is 1.29. The molecule has 0 radical (unpaired) electrons. The maximum absolute atomic E-state index is 4.54. The molecule has 2 heteroatoms. The summed E-state index contributed by atoms with van der Waals surface area (Å²) in [4.78, 5) is 4.54. The van der Waals surface area contributed by atoms with Gasteiger partial charge >= 0.3 is 0 Å². The molecule has 0 heterocycles. The van der Waals surface area contributed by atoms with Crippen molar-refractivity contribution in [2.24, 2.45) is 4.99 Å². The number of hydrogen-bond acceptors (Lipinski definition) is 2. The summed E-state index contributed by atoms with van der Waals surface area (Å²) in [6.45, 7) is 12.7. The van der Waals surface area contributed by atoms with E-state index in [0.29, 0.717) is 12.1 Å². The largest absolute Gasteiger partial charge is 0.386 e. The van der Waals surface area contributed by atoms with Crippen LogP contribution >= 0.6 is 0 Å². The van der Waals surface area contributed by atoms with E-state index < -0.39 is 0 Å². The van der Waals surface area contributed by atoms with Gasteiger partial charge in [-0.15, -0.1) is 0 Å². The molecule has 0 aromatic heterocycles. The van der Waals surface area contributed by atoms with Crippen LogP contribution in [0.2, 0.25) is 0 Å². The van der Waals surface area contributed by atoms with Gasteiger partial charge in [-0.05, 0) is 47.1 Å². The van der Waals surface area contributed by atoms with Crippen molar-refractivity contribution in [3.05, 3.63) is 11.8 Å². The van der Waals surface area contributed by atoms with Gasteiger partial charge in [0.25, 0.3) is 0 Å². The zero-order chi connectivity index (χ0) is 11.1. The normalized spacial score (nSPS) is 15.9. The van der Waals surface area contributed by atoms with Gasteiger partial charge in [0.2, 0.25) is 0 Å². The third-order valence-corrected chi connectivity index (χ3v) is 1.96. The molecule has 1 atom stereocenters. The Hall–Kier alpha value is -0.790. The van der Waals surface area contributed by atoms with Crippen LogP contribution in [0.3, 0.4) is 0 Å². The lowest BCUT2D eigenvalue weighted by atomic mass is 10.2. The molecule has 0 aliphatic heterocycles. The predicted octanol–water partition coefficient (Wildman–Crippen LogP) is 3.15. The van der Waals surface area contributed by atoms with Gasteiger partial charge in [0, 0.05) is 23.5 Å². The highest BCUT2D eigenvalue weighted by Crippen LogP contribution is 1.98. The van der Waals surface area contributed by atoms with Crippen molar-refractivity contribution in [3.63, 3.8) is 0 Å². The molecule has 0 aliphatic carbocycles. The minimum absolute atomic E-state index is 0.429. The van der Waals surface area contributed by atoms with Crippen molar-refractivity contribution >= 4 is 5.71 Å². The Labute approximate surface area is 88.5 Å². The molecule has 1 unspecified atom stereocenters. The van der Waals surface area contributed by atoms with Gasteiger partial charge in [0.05, 0.1) is 0 Å². The van der Waals surface area contributed by atoms with Gasteiger partial charge in [-0.3, -0.25) is 4.99 Å². The number of allylic oxidation sites excluding steroid dienone is 2. The lowest BCUT2D eigenvalue weighted by molar-refractivity contribution is 0.669. The predicted molar refractivity (Wildman–Crippen MR) is 64.9 cm³/mol. The molecule has 0 fully saturated rings. The van der Waals surface area contributed by atoms with Crippen LogP contribution in [-0.2, 0) is 0 Å². The van der Waals surface area contributed by atoms with Crippen molar-refractivity contribution in [3.8, 4) is 0 Å². The smallest absolute Gasteiger partial charge is 0.0472 e. The standard InChI is InChI=1S/C12H24N2/c1-7-10(4)14-12(6)8-11(5)13-9(2)3/h8-10,13H,7H2,1-6H3/b11-8-,14-12+. The molecular formula is C12H24N2. The summed E-state index contributed by atoms with van der Waals surface area (Å²) < 4.78 is 0. The van der Waals surface area contributed by atoms with Crippen LogP contribution in [0.5, 0.6) is 0 Å². The van der Waals surface area contributed by atoms with E-state index in [4.69, 9.17) is 0 Å². The SMILES string of the molecule is CCC(C)/N=C(C)/C=C(/C)NC(C)C. The summed E-state index contributed by atoms with van der Waals surface area (Å²) >= 11 is 0. The first-order valence-corrected chi connectivity index (χ1v) is 5.45. The van der Waals surface area contributed by atoms with Crippen molar-refractivity contribution in [1.29, 1.82) is 0 Å². The molecule has 0 aromatic carbocycles. The van der Waals surface area contributed by atoms with E-state index in [9.17, 15) is 0 Å². The van der Waals surface area contributed by atoms with Crippen molar-refractivity contribution in [2.75, 3.05) is 0 Å². The maximum atomic E-state index is 4.54. The molecule has 0 aliphatic rings. The average Bonchev–Trinajstić information content (AvgIpc) is 2.01. The summed E-state index contributed by atoms with van der Waals surface area (Å²) in [5.74, 6) is 0. The fourth-order valence-corrected chi connectivity index (χ4v) is 1.29. The first-order chi connectivity index (χ1) is 6.45. The van der Waals surface area contributed by atoms with E-state index in [1.54, 1.807) is 0 Å². The Bertz CT molecular complexity index is 214. The van der Waals surface area contributed by atoms with Crippen LogP contribution in [-0.4, -0.2) is 17.8 Å². The second-order valence-corrected chi connectivity index (χ2v) is 4.15. The number of rotatable bonds is 5. The van der Waals surface area contributed by atoms with Gasteiger partial charge in [0.15, 0.2) is 0 Å². The van der Waals surface area contributed by atoms with Gasteiger partial charge in [0.1, 0.15) is 0 Å². The molecule has 0 spiro atoms. The molecule has 14 heavy (non-hydrogen) atoms. The minimum atomic E-state index is 0.429. The Morgan fingerprint density at radius 3 is 2.29 bits per heavy atom. The summed E-state index contributed by atoms with van der Waals surface area (Å²) in [5.41, 5.74) is 2.29. The topological polar surface area (TPSA) is 24.4 Å². The zero-order valence-electron chi connectivity index (χ0n) is 10.4. The summed E-state index contributed by atoms with van der Waals surface area (Å²) in [5, 5.41) is 3.35. The van der Waals surface area contributed by atoms with E-state index in [0.717, 1.165) is 12.1 Å². The van der Waals surface area contributed by atoms with E-state index in [2.05, 4.69) is 57.9 Å². The lowest BCUT2D eigenvalue weighted by Crippen LogP contribution is -2.20. The highest BCUT2D eigenvalue weighted by atomic mass is 14.9. The summed E-state index contributed by atoms with van der Waals surface area (Å²) in [7, 11) is 0. The molecule has 0 bridgehead atoms. The first-order valence-electron chi connectivity index (χ1n) is 5.45. The molecule has 0 rings (SSSR count). The molecule has 2 nitrogen and oxygen atoms in total. The summed E-state index contributed by atoms with van der Waals surface area (Å²) in [6, 6.07) is 0.917. The Balaban J connectivity index is 4.26. The minimum Gasteiger partial charge on any atom is -0.386 e. The second kappa shape index (κ2) is 6.63. The van der Waals surface area contributed by atoms with Gasteiger partial charge < -0.3 is 5.32 Å². The Morgan fingerprint density at radius 1 is 1.29 bits per heavy atom. The van der Waals surface area contributed by atoms with Crippen molar-refractivity contribution in [2.45, 2.75) is 60.0 Å². The fraction of sp³-hybridized carbons (Fsp3) is 0.750. The summed E-state index contributed by atoms with van der Waals surface area (Å²) in [6.07, 6.45) is 3.20. The van der Waals surface area contributed by atoms with Gasteiger partial charge in [-0.1, -0.05) is 6.92 Å². The van der Waals surface area contributed by atoms with E-state index >= 15 is 0 Å². The number of hydrogen-bond donors (Lipinski definition) is 1. The average molecular weight is 196 g/mol. The van der Waals surface area contributed by atoms with Crippen LogP contribution in [0.1, 0.15) is 48.0 Å². The number of nitrogens with one attached hydrogen (secondary N) is 1. The van der Waals surface area contributed by atoms with Crippen molar-refractivity contribution < 1.29 is 0 Å². The number of nitrogens with zero attached hydrogens (tertiary/aromatic N) is 1. The number of aliphatic imine (C=N–C) groups is 1. The molecule has 0 saturated carbocycles. The third kappa shape index (κ3) is 6.70. The highest BCUT2D eigenvalue weighted by molar-refractivity contribution is 5.93. The first kappa shape index (κ1) is 13.2.